The number of thioether (sulfide) groups is 2. The van der Waals surface area contributed by atoms with Crippen LogP contribution >= 0.6 is 35.7 Å². The van der Waals surface area contributed by atoms with Crippen LogP contribution in [-0.2, 0) is 11.3 Å². The van der Waals surface area contributed by atoms with Crippen LogP contribution in [0.15, 0.2) is 56.9 Å². The van der Waals surface area contributed by atoms with E-state index in [4.69, 9.17) is 16.6 Å². The molecule has 3 rings (SSSR count). The smallest absolute Gasteiger partial charge is 0.266 e. The minimum Gasteiger partial charge on any atom is -0.467 e. The fraction of sp³-hybridized carbons (Fsp3) is 0.125. The van der Waals surface area contributed by atoms with Crippen molar-refractivity contribution in [2.45, 2.75) is 11.4 Å². The van der Waals surface area contributed by atoms with E-state index in [0.29, 0.717) is 15.8 Å². The molecule has 0 spiro atoms. The van der Waals surface area contributed by atoms with Gasteiger partial charge in [-0.3, -0.25) is 9.69 Å². The monoisotopic (exact) mass is 347 g/mol. The van der Waals surface area contributed by atoms with E-state index in [0.717, 1.165) is 11.3 Å². The minimum absolute atomic E-state index is 0.0691. The number of nitrogens with zero attached hydrogens (tertiary/aromatic N) is 1. The average molecular weight is 347 g/mol. The third-order valence-corrected chi connectivity index (χ3v) is 5.30. The third kappa shape index (κ3) is 3.29. The van der Waals surface area contributed by atoms with Crippen molar-refractivity contribution >= 4 is 52.0 Å². The molecule has 0 atom stereocenters. The Morgan fingerprint density at radius 3 is 2.73 bits per heavy atom. The topological polar surface area (TPSA) is 33.5 Å². The Kier molecular flexibility index (Phi) is 4.71. The van der Waals surface area contributed by atoms with E-state index < -0.39 is 0 Å². The second kappa shape index (κ2) is 6.73. The predicted molar refractivity (Wildman–Crippen MR) is 95.6 cm³/mol. The highest BCUT2D eigenvalue weighted by Gasteiger charge is 2.32. The zero-order valence-corrected chi connectivity index (χ0v) is 14.3. The first-order valence-corrected chi connectivity index (χ1v) is 9.04. The van der Waals surface area contributed by atoms with Gasteiger partial charge in [-0.15, -0.1) is 11.8 Å². The fourth-order valence-corrected chi connectivity index (χ4v) is 3.71. The van der Waals surface area contributed by atoms with Gasteiger partial charge in [-0.1, -0.05) is 36.1 Å². The molecule has 1 aliphatic rings. The summed E-state index contributed by atoms with van der Waals surface area (Å²) in [6, 6.07) is 11.7. The van der Waals surface area contributed by atoms with Gasteiger partial charge in [-0.25, -0.2) is 0 Å². The van der Waals surface area contributed by atoms with Gasteiger partial charge < -0.3 is 4.42 Å². The number of rotatable bonds is 4. The molecule has 1 fully saturated rings. The van der Waals surface area contributed by atoms with Crippen LogP contribution in [0.5, 0.6) is 0 Å². The molecule has 1 saturated heterocycles. The Morgan fingerprint density at radius 2 is 2.09 bits per heavy atom. The Labute approximate surface area is 142 Å². The number of benzene rings is 1. The first-order valence-electron chi connectivity index (χ1n) is 6.59. The molecular weight excluding hydrogens is 334 g/mol. The van der Waals surface area contributed by atoms with Crippen molar-refractivity contribution in [1.82, 2.24) is 4.90 Å². The minimum atomic E-state index is -0.0691. The third-order valence-electron chi connectivity index (χ3n) is 3.18. The summed E-state index contributed by atoms with van der Waals surface area (Å²) < 4.78 is 5.85. The van der Waals surface area contributed by atoms with E-state index in [1.165, 1.54) is 16.7 Å². The maximum atomic E-state index is 12.5. The Bertz CT molecular complexity index is 720. The standard InChI is InChI=1S/C16H13NO2S3/c1-21-13-6-4-11(5-7-13)9-14-15(18)17(16(20)22-14)10-12-3-2-8-19-12/h2-9H,10H2,1H3/b14-9+. The van der Waals surface area contributed by atoms with E-state index >= 15 is 0 Å². The van der Waals surface area contributed by atoms with E-state index in [2.05, 4.69) is 0 Å². The molecule has 1 aromatic heterocycles. The van der Waals surface area contributed by atoms with E-state index in [-0.39, 0.29) is 5.91 Å². The second-order valence-corrected chi connectivity index (χ2v) is 7.18. The van der Waals surface area contributed by atoms with Gasteiger partial charge in [0.25, 0.3) is 5.91 Å². The van der Waals surface area contributed by atoms with Gasteiger partial charge in [0.05, 0.1) is 17.7 Å². The number of carbonyl (C=O) groups is 1. The van der Waals surface area contributed by atoms with E-state index in [9.17, 15) is 4.79 Å². The van der Waals surface area contributed by atoms with Crippen molar-refractivity contribution < 1.29 is 9.21 Å². The largest absolute Gasteiger partial charge is 0.467 e. The Hall–Kier alpha value is -1.50. The molecule has 2 aromatic rings. The molecule has 2 heterocycles. The summed E-state index contributed by atoms with van der Waals surface area (Å²) in [5, 5.41) is 0. The lowest BCUT2D eigenvalue weighted by molar-refractivity contribution is -0.122. The van der Waals surface area contributed by atoms with Crippen molar-refractivity contribution in [3.8, 4) is 0 Å². The summed E-state index contributed by atoms with van der Waals surface area (Å²) in [4.78, 5) is 15.9. The zero-order chi connectivity index (χ0) is 15.5. The highest BCUT2D eigenvalue weighted by Crippen LogP contribution is 2.33. The summed E-state index contributed by atoms with van der Waals surface area (Å²) in [6.07, 6.45) is 5.51. The highest BCUT2D eigenvalue weighted by molar-refractivity contribution is 8.26. The fourth-order valence-electron chi connectivity index (χ4n) is 2.05. The molecule has 6 heteroatoms. The van der Waals surface area contributed by atoms with Gasteiger partial charge >= 0.3 is 0 Å². The normalized spacial score (nSPS) is 16.8. The number of hydrogen-bond donors (Lipinski definition) is 0. The summed E-state index contributed by atoms with van der Waals surface area (Å²) in [7, 11) is 0. The van der Waals surface area contributed by atoms with E-state index in [1.54, 1.807) is 29.0 Å². The van der Waals surface area contributed by atoms with Crippen LogP contribution in [0, 0.1) is 0 Å². The maximum absolute atomic E-state index is 12.5. The zero-order valence-electron chi connectivity index (χ0n) is 11.8. The van der Waals surface area contributed by atoms with Crippen LogP contribution in [0.3, 0.4) is 0 Å². The van der Waals surface area contributed by atoms with Crippen LogP contribution in [0.25, 0.3) is 6.08 Å². The van der Waals surface area contributed by atoms with Gasteiger partial charge in [0.15, 0.2) is 0 Å². The molecule has 0 bridgehead atoms. The summed E-state index contributed by atoms with van der Waals surface area (Å²) >= 11 is 8.33. The van der Waals surface area contributed by atoms with E-state index in [1.807, 2.05) is 42.7 Å². The first-order chi connectivity index (χ1) is 10.7. The number of hydrogen-bond acceptors (Lipinski definition) is 5. The quantitative estimate of drug-likeness (QED) is 0.465. The van der Waals surface area contributed by atoms with Gasteiger partial charge in [0.1, 0.15) is 10.1 Å². The number of thiocarbonyl (C=S) groups is 1. The SMILES string of the molecule is CSc1ccc(/C=C2/SC(=S)N(Cc3ccco3)C2=O)cc1. The maximum Gasteiger partial charge on any atom is 0.266 e. The molecule has 0 N–H and O–H groups in total. The number of amides is 1. The van der Waals surface area contributed by atoms with Crippen LogP contribution in [0.2, 0.25) is 0 Å². The lowest BCUT2D eigenvalue weighted by atomic mass is 10.2. The van der Waals surface area contributed by atoms with Crippen LogP contribution in [-0.4, -0.2) is 21.4 Å². The van der Waals surface area contributed by atoms with Crippen LogP contribution in [0.4, 0.5) is 0 Å². The van der Waals surface area contributed by atoms with Gasteiger partial charge in [0.2, 0.25) is 0 Å². The van der Waals surface area contributed by atoms with Crippen molar-refractivity contribution in [3.63, 3.8) is 0 Å². The lowest BCUT2D eigenvalue weighted by Gasteiger charge is -2.11. The number of furan rings is 1. The molecule has 0 radical (unpaired) electrons. The van der Waals surface area contributed by atoms with Gasteiger partial charge in [-0.05, 0) is 42.2 Å². The molecule has 3 nitrogen and oxygen atoms in total. The van der Waals surface area contributed by atoms with Crippen molar-refractivity contribution in [3.05, 3.63) is 58.9 Å². The summed E-state index contributed by atoms with van der Waals surface area (Å²) in [5.41, 5.74) is 0.997. The van der Waals surface area contributed by atoms with Crippen molar-refractivity contribution in [2.24, 2.45) is 0 Å². The highest BCUT2D eigenvalue weighted by atomic mass is 32.2. The lowest BCUT2D eigenvalue weighted by Crippen LogP contribution is -2.27. The van der Waals surface area contributed by atoms with Gasteiger partial charge in [0, 0.05) is 4.90 Å². The predicted octanol–water partition coefficient (Wildman–Crippen LogP) is 4.40. The molecule has 1 amide bonds. The second-order valence-electron chi connectivity index (χ2n) is 4.62. The molecule has 0 saturated carbocycles. The molecular formula is C16H13NO2S3. The molecule has 112 valence electrons. The molecule has 1 aliphatic heterocycles. The van der Waals surface area contributed by atoms with Crippen molar-refractivity contribution in [2.75, 3.05) is 6.26 Å². The van der Waals surface area contributed by atoms with Crippen LogP contribution in [0.1, 0.15) is 11.3 Å². The number of carbonyl (C=O) groups excluding carboxylic acids is 1. The van der Waals surface area contributed by atoms with Crippen LogP contribution < -0.4 is 0 Å². The summed E-state index contributed by atoms with van der Waals surface area (Å²) in [5.74, 6) is 0.655. The Balaban J connectivity index is 1.78. The molecule has 0 unspecified atom stereocenters. The van der Waals surface area contributed by atoms with Crippen molar-refractivity contribution in [1.29, 1.82) is 0 Å². The molecule has 22 heavy (non-hydrogen) atoms. The molecule has 1 aromatic carbocycles. The van der Waals surface area contributed by atoms with Gasteiger partial charge in [-0.2, -0.15) is 0 Å². The summed E-state index contributed by atoms with van der Waals surface area (Å²) in [6.45, 7) is 0.375. The molecule has 0 aliphatic carbocycles. The average Bonchev–Trinajstić information content (AvgIpc) is 3.13. The first kappa shape index (κ1) is 15.4. The Morgan fingerprint density at radius 1 is 1.32 bits per heavy atom.